The molecule has 0 amide bonds. The third-order valence-corrected chi connectivity index (χ3v) is 1.63. The molecule has 1 rings (SSSR count). The highest BCUT2D eigenvalue weighted by Crippen LogP contribution is 2.07. The van der Waals surface area contributed by atoms with Crippen LogP contribution in [0.25, 0.3) is 0 Å². The van der Waals surface area contributed by atoms with E-state index in [0.717, 1.165) is 11.5 Å². The molecule has 0 fully saturated rings. The fraction of sp³-hybridized carbons (Fsp3) is 0.429. The van der Waals surface area contributed by atoms with E-state index in [0.29, 0.717) is 12.4 Å². The normalized spacial score (nSPS) is 9.83. The number of hydrogen-bond acceptors (Lipinski definition) is 3. The number of nitrogens with one attached hydrogen (secondary N) is 1. The number of aryl methyl sites for hydroxylation is 2. The van der Waals surface area contributed by atoms with E-state index in [9.17, 15) is 0 Å². The molecule has 12 heavy (non-hydrogen) atoms. The molecule has 0 saturated carbocycles. The second-order valence-electron chi connectivity index (χ2n) is 2.47. The molecule has 0 aromatic carbocycles. The second-order valence-corrected chi connectivity index (χ2v) is 2.91. The molecular formula is C7H11N3OS. The van der Waals surface area contributed by atoms with Crippen LogP contribution in [-0.4, -0.2) is 10.1 Å². The Labute approximate surface area is 76.2 Å². The Bertz CT molecular complexity index is 275. The summed E-state index contributed by atoms with van der Waals surface area (Å²) in [5.74, 6) is 1.44. The van der Waals surface area contributed by atoms with Crippen LogP contribution in [0, 0.1) is 13.8 Å². The zero-order chi connectivity index (χ0) is 9.14. The molecule has 0 aliphatic heterocycles. The quantitative estimate of drug-likeness (QED) is 0.661. The highest BCUT2D eigenvalue weighted by Gasteiger charge is 2.04. The Morgan fingerprint density at radius 1 is 1.67 bits per heavy atom. The Balaban J connectivity index is 2.58. The van der Waals surface area contributed by atoms with Gasteiger partial charge in [-0.1, -0.05) is 0 Å². The van der Waals surface area contributed by atoms with Gasteiger partial charge in [-0.15, -0.1) is 0 Å². The zero-order valence-electron chi connectivity index (χ0n) is 7.05. The topological polar surface area (TPSA) is 64.1 Å². The lowest BCUT2D eigenvalue weighted by Crippen LogP contribution is -2.28. The highest BCUT2D eigenvalue weighted by atomic mass is 32.1. The van der Waals surface area contributed by atoms with Gasteiger partial charge in [0.2, 0.25) is 5.89 Å². The number of hydrogen-bond donors (Lipinski definition) is 2. The summed E-state index contributed by atoms with van der Waals surface area (Å²) >= 11 is 4.63. The third-order valence-electron chi connectivity index (χ3n) is 1.49. The van der Waals surface area contributed by atoms with Gasteiger partial charge in [0.1, 0.15) is 5.76 Å². The van der Waals surface area contributed by atoms with Crippen LogP contribution < -0.4 is 11.1 Å². The van der Waals surface area contributed by atoms with Crippen molar-refractivity contribution in [1.29, 1.82) is 0 Å². The number of thiocarbonyl (C=S) groups is 1. The van der Waals surface area contributed by atoms with Crippen LogP contribution in [0.3, 0.4) is 0 Å². The second kappa shape index (κ2) is 3.53. The van der Waals surface area contributed by atoms with Gasteiger partial charge in [-0.3, -0.25) is 0 Å². The Morgan fingerprint density at radius 2 is 2.33 bits per heavy atom. The molecule has 1 heterocycles. The molecule has 0 saturated heterocycles. The van der Waals surface area contributed by atoms with Gasteiger partial charge >= 0.3 is 0 Å². The molecule has 0 aliphatic rings. The molecule has 0 unspecified atom stereocenters. The van der Waals surface area contributed by atoms with Gasteiger partial charge in [-0.05, 0) is 26.1 Å². The fourth-order valence-electron chi connectivity index (χ4n) is 0.778. The average molecular weight is 185 g/mol. The van der Waals surface area contributed by atoms with Crippen molar-refractivity contribution in [2.45, 2.75) is 20.4 Å². The molecule has 0 atom stereocenters. The summed E-state index contributed by atoms with van der Waals surface area (Å²) in [5.41, 5.74) is 6.13. The first-order chi connectivity index (χ1) is 5.59. The predicted molar refractivity (Wildman–Crippen MR) is 49.6 cm³/mol. The first kappa shape index (κ1) is 8.99. The standard InChI is InChI=1S/C7H11N3OS/c1-4-5(2)11-6(10-4)3-9-7(8)12/h3H2,1-2H3,(H3,8,9,12). The number of aromatic nitrogens is 1. The van der Waals surface area contributed by atoms with Gasteiger partial charge in [-0.25, -0.2) is 4.98 Å². The molecule has 1 aromatic heterocycles. The van der Waals surface area contributed by atoms with E-state index in [-0.39, 0.29) is 5.11 Å². The molecule has 5 heteroatoms. The van der Waals surface area contributed by atoms with E-state index >= 15 is 0 Å². The summed E-state index contributed by atoms with van der Waals surface area (Å²) in [6.07, 6.45) is 0. The summed E-state index contributed by atoms with van der Waals surface area (Å²) < 4.78 is 5.28. The third kappa shape index (κ3) is 2.20. The highest BCUT2D eigenvalue weighted by molar-refractivity contribution is 7.80. The van der Waals surface area contributed by atoms with Gasteiger partial charge < -0.3 is 15.5 Å². The Hall–Kier alpha value is -1.10. The van der Waals surface area contributed by atoms with E-state index in [1.807, 2.05) is 13.8 Å². The fourth-order valence-corrected chi connectivity index (χ4v) is 0.850. The lowest BCUT2D eigenvalue weighted by Gasteiger charge is -1.97. The molecular weight excluding hydrogens is 174 g/mol. The maximum Gasteiger partial charge on any atom is 0.214 e. The van der Waals surface area contributed by atoms with Gasteiger partial charge in [0.25, 0.3) is 0 Å². The van der Waals surface area contributed by atoms with Crippen molar-refractivity contribution in [3.05, 3.63) is 17.3 Å². The summed E-state index contributed by atoms with van der Waals surface area (Å²) in [4.78, 5) is 4.14. The number of oxazole rings is 1. The van der Waals surface area contributed by atoms with Gasteiger partial charge in [0, 0.05) is 0 Å². The smallest absolute Gasteiger partial charge is 0.214 e. The van der Waals surface area contributed by atoms with E-state index in [2.05, 4.69) is 22.5 Å². The lowest BCUT2D eigenvalue weighted by molar-refractivity contribution is 0.465. The van der Waals surface area contributed by atoms with Crippen molar-refractivity contribution in [2.75, 3.05) is 0 Å². The van der Waals surface area contributed by atoms with Crippen LogP contribution in [0.4, 0.5) is 0 Å². The zero-order valence-corrected chi connectivity index (χ0v) is 7.86. The maximum absolute atomic E-state index is 5.28. The largest absolute Gasteiger partial charge is 0.444 e. The SMILES string of the molecule is Cc1nc(CNC(N)=S)oc1C. The van der Waals surface area contributed by atoms with Gasteiger partial charge in [0.05, 0.1) is 12.2 Å². The first-order valence-corrected chi connectivity index (χ1v) is 3.96. The predicted octanol–water partition coefficient (Wildman–Crippen LogP) is 0.625. The Kier molecular flexibility index (Phi) is 2.65. The van der Waals surface area contributed by atoms with Crippen LogP contribution >= 0.6 is 12.2 Å². The first-order valence-electron chi connectivity index (χ1n) is 3.56. The maximum atomic E-state index is 5.28. The average Bonchev–Trinajstić information content (AvgIpc) is 2.28. The summed E-state index contributed by atoms with van der Waals surface area (Å²) in [7, 11) is 0. The van der Waals surface area contributed by atoms with Crippen molar-refractivity contribution in [3.63, 3.8) is 0 Å². The van der Waals surface area contributed by atoms with Crippen molar-refractivity contribution in [3.8, 4) is 0 Å². The molecule has 0 aliphatic carbocycles. The minimum Gasteiger partial charge on any atom is -0.444 e. The van der Waals surface area contributed by atoms with E-state index < -0.39 is 0 Å². The lowest BCUT2D eigenvalue weighted by atomic mass is 10.4. The molecule has 4 nitrogen and oxygen atoms in total. The van der Waals surface area contributed by atoms with E-state index in [1.165, 1.54) is 0 Å². The molecule has 0 radical (unpaired) electrons. The van der Waals surface area contributed by atoms with Gasteiger partial charge in [-0.2, -0.15) is 0 Å². The minimum absolute atomic E-state index is 0.253. The van der Waals surface area contributed by atoms with Crippen LogP contribution in [0.2, 0.25) is 0 Å². The number of rotatable bonds is 2. The Morgan fingerprint density at radius 3 is 2.75 bits per heavy atom. The van der Waals surface area contributed by atoms with Crippen LogP contribution in [0.15, 0.2) is 4.42 Å². The number of nitrogens with two attached hydrogens (primary N) is 1. The molecule has 0 bridgehead atoms. The molecule has 66 valence electrons. The minimum atomic E-state index is 0.253. The summed E-state index contributed by atoms with van der Waals surface area (Å²) in [6.45, 7) is 4.21. The molecule has 3 N–H and O–H groups in total. The van der Waals surface area contributed by atoms with Crippen molar-refractivity contribution >= 4 is 17.3 Å². The van der Waals surface area contributed by atoms with Crippen LogP contribution in [0.1, 0.15) is 17.3 Å². The van der Waals surface area contributed by atoms with E-state index in [4.69, 9.17) is 10.2 Å². The van der Waals surface area contributed by atoms with Crippen LogP contribution in [-0.2, 0) is 6.54 Å². The van der Waals surface area contributed by atoms with Crippen LogP contribution in [0.5, 0.6) is 0 Å². The number of nitrogens with zero attached hydrogens (tertiary/aromatic N) is 1. The van der Waals surface area contributed by atoms with Crippen molar-refractivity contribution < 1.29 is 4.42 Å². The van der Waals surface area contributed by atoms with Crippen molar-refractivity contribution in [2.24, 2.45) is 5.73 Å². The van der Waals surface area contributed by atoms with Gasteiger partial charge in [0.15, 0.2) is 5.11 Å². The molecule has 0 spiro atoms. The molecule has 1 aromatic rings. The summed E-state index contributed by atoms with van der Waals surface area (Å²) in [6, 6.07) is 0. The summed E-state index contributed by atoms with van der Waals surface area (Å²) in [5, 5.41) is 3.01. The van der Waals surface area contributed by atoms with Crippen molar-refractivity contribution in [1.82, 2.24) is 10.3 Å². The monoisotopic (exact) mass is 185 g/mol. The van der Waals surface area contributed by atoms with E-state index in [1.54, 1.807) is 0 Å².